The fraction of sp³-hybridized carbons (Fsp3) is 0.231. The average molecular weight is 247 g/mol. The van der Waals surface area contributed by atoms with E-state index in [9.17, 15) is 9.18 Å². The predicted octanol–water partition coefficient (Wildman–Crippen LogP) is 2.17. The molecule has 18 heavy (non-hydrogen) atoms. The highest BCUT2D eigenvalue weighted by molar-refractivity contribution is 5.97. The Morgan fingerprint density at radius 2 is 2.22 bits per heavy atom. The lowest BCUT2D eigenvalue weighted by Gasteiger charge is -2.07. The molecule has 0 saturated heterocycles. The van der Waals surface area contributed by atoms with Gasteiger partial charge in [0.05, 0.1) is 0 Å². The van der Waals surface area contributed by atoms with Crippen LogP contribution in [0.2, 0.25) is 0 Å². The second kappa shape index (κ2) is 6.40. The van der Waals surface area contributed by atoms with Crippen LogP contribution in [0.1, 0.15) is 13.8 Å². The van der Waals surface area contributed by atoms with Crippen LogP contribution in [0.25, 0.3) is 0 Å². The molecule has 0 spiro atoms. The van der Waals surface area contributed by atoms with Gasteiger partial charge in [0.1, 0.15) is 17.5 Å². The Balaban J connectivity index is 2.75. The molecule has 0 aliphatic carbocycles. The molecule has 0 atom stereocenters. The van der Waals surface area contributed by atoms with E-state index in [1.165, 1.54) is 24.4 Å². The van der Waals surface area contributed by atoms with E-state index in [0.717, 1.165) is 0 Å². The molecule has 94 valence electrons. The molecule has 2 N–H and O–H groups in total. The van der Waals surface area contributed by atoms with Crippen LogP contribution in [0, 0.1) is 17.1 Å². The molecule has 0 unspecified atom stereocenters. The minimum Gasteiger partial charge on any atom is -0.360 e. The fourth-order valence-corrected chi connectivity index (χ4v) is 1.22. The van der Waals surface area contributed by atoms with Gasteiger partial charge in [0.2, 0.25) is 0 Å². The van der Waals surface area contributed by atoms with Crippen LogP contribution in [-0.4, -0.2) is 11.9 Å². The summed E-state index contributed by atoms with van der Waals surface area (Å²) < 4.78 is 12.9. The minimum atomic E-state index is -0.462. The van der Waals surface area contributed by atoms with E-state index < -0.39 is 11.7 Å². The molecule has 0 aromatic heterocycles. The summed E-state index contributed by atoms with van der Waals surface area (Å²) in [6.07, 6.45) is 1.26. The van der Waals surface area contributed by atoms with E-state index in [4.69, 9.17) is 5.26 Å². The van der Waals surface area contributed by atoms with Gasteiger partial charge in [-0.3, -0.25) is 4.79 Å². The van der Waals surface area contributed by atoms with Gasteiger partial charge in [0, 0.05) is 17.9 Å². The maximum Gasteiger partial charge on any atom is 0.263 e. The van der Waals surface area contributed by atoms with E-state index in [1.807, 2.05) is 0 Å². The number of benzene rings is 1. The Hall–Kier alpha value is -2.35. The molecule has 0 radical (unpaired) electrons. The van der Waals surface area contributed by atoms with Crippen molar-refractivity contribution in [3.8, 4) is 6.07 Å². The zero-order chi connectivity index (χ0) is 13.5. The molecular formula is C13H14FN3O. The highest BCUT2D eigenvalue weighted by Crippen LogP contribution is 2.09. The molecule has 0 heterocycles. The van der Waals surface area contributed by atoms with E-state index in [-0.39, 0.29) is 11.6 Å². The van der Waals surface area contributed by atoms with Gasteiger partial charge in [-0.05, 0) is 32.0 Å². The summed E-state index contributed by atoms with van der Waals surface area (Å²) in [5, 5.41) is 14.2. The SMILES string of the molecule is CC(C)NC(=O)/C(C#N)=C\Nc1cccc(F)c1. The predicted molar refractivity (Wildman–Crippen MR) is 67.0 cm³/mol. The van der Waals surface area contributed by atoms with Crippen molar-refractivity contribution in [2.24, 2.45) is 0 Å². The van der Waals surface area contributed by atoms with E-state index in [2.05, 4.69) is 10.6 Å². The number of nitrogens with zero attached hydrogens (tertiary/aromatic N) is 1. The van der Waals surface area contributed by atoms with Crippen molar-refractivity contribution in [1.82, 2.24) is 5.32 Å². The Labute approximate surface area is 105 Å². The maximum absolute atomic E-state index is 12.9. The van der Waals surface area contributed by atoms with Crippen LogP contribution >= 0.6 is 0 Å². The lowest BCUT2D eigenvalue weighted by Crippen LogP contribution is -2.31. The van der Waals surface area contributed by atoms with Crippen LogP contribution in [0.3, 0.4) is 0 Å². The molecule has 0 bridgehead atoms. The van der Waals surface area contributed by atoms with Crippen LogP contribution < -0.4 is 10.6 Å². The molecule has 0 aliphatic heterocycles. The molecular weight excluding hydrogens is 233 g/mol. The molecule has 4 nitrogen and oxygen atoms in total. The van der Waals surface area contributed by atoms with Gasteiger partial charge < -0.3 is 10.6 Å². The first-order valence-corrected chi connectivity index (χ1v) is 5.46. The van der Waals surface area contributed by atoms with Gasteiger partial charge in [-0.25, -0.2) is 4.39 Å². The Morgan fingerprint density at radius 1 is 1.50 bits per heavy atom. The first-order valence-electron chi connectivity index (χ1n) is 5.46. The number of amides is 1. The number of nitrogens with one attached hydrogen (secondary N) is 2. The van der Waals surface area contributed by atoms with Gasteiger partial charge >= 0.3 is 0 Å². The third-order valence-corrected chi connectivity index (χ3v) is 1.99. The topological polar surface area (TPSA) is 64.9 Å². The summed E-state index contributed by atoms with van der Waals surface area (Å²) >= 11 is 0. The summed E-state index contributed by atoms with van der Waals surface area (Å²) in [6.45, 7) is 3.60. The second-order valence-electron chi connectivity index (χ2n) is 3.95. The number of rotatable bonds is 4. The van der Waals surface area contributed by atoms with Crippen LogP contribution in [-0.2, 0) is 4.79 Å². The highest BCUT2D eigenvalue weighted by atomic mass is 19.1. The van der Waals surface area contributed by atoms with Crippen molar-refractivity contribution in [3.05, 3.63) is 41.9 Å². The van der Waals surface area contributed by atoms with Crippen LogP contribution in [0.15, 0.2) is 36.0 Å². The third kappa shape index (κ3) is 4.26. The Morgan fingerprint density at radius 3 is 2.78 bits per heavy atom. The molecule has 1 amide bonds. The van der Waals surface area contributed by atoms with Gasteiger partial charge in [-0.1, -0.05) is 6.07 Å². The lowest BCUT2D eigenvalue weighted by molar-refractivity contribution is -0.117. The minimum absolute atomic E-state index is 0.0524. The smallest absolute Gasteiger partial charge is 0.263 e. The summed E-state index contributed by atoms with van der Waals surface area (Å²) in [5.74, 6) is -0.852. The number of carbonyl (C=O) groups excluding carboxylic acids is 1. The fourth-order valence-electron chi connectivity index (χ4n) is 1.22. The normalized spacial score (nSPS) is 10.9. The second-order valence-corrected chi connectivity index (χ2v) is 3.95. The number of halogens is 1. The van der Waals surface area contributed by atoms with E-state index >= 15 is 0 Å². The summed E-state index contributed by atoms with van der Waals surface area (Å²) in [7, 11) is 0. The average Bonchev–Trinajstić information content (AvgIpc) is 2.29. The van der Waals surface area contributed by atoms with Gasteiger partial charge in [0.15, 0.2) is 0 Å². The lowest BCUT2D eigenvalue weighted by atomic mass is 10.2. The number of nitriles is 1. The van der Waals surface area contributed by atoms with Gasteiger partial charge in [-0.15, -0.1) is 0 Å². The van der Waals surface area contributed by atoms with Crippen molar-refractivity contribution < 1.29 is 9.18 Å². The van der Waals surface area contributed by atoms with Crippen LogP contribution in [0.5, 0.6) is 0 Å². The highest BCUT2D eigenvalue weighted by Gasteiger charge is 2.09. The van der Waals surface area contributed by atoms with Crippen LogP contribution in [0.4, 0.5) is 10.1 Å². The summed E-state index contributed by atoms with van der Waals surface area (Å²) in [6, 6.07) is 7.48. The first-order chi connectivity index (χ1) is 8.52. The number of hydrogen-bond acceptors (Lipinski definition) is 3. The molecule has 1 aromatic carbocycles. The summed E-state index contributed by atoms with van der Waals surface area (Å²) in [5.41, 5.74) is 0.410. The number of anilines is 1. The Bertz CT molecular complexity index is 503. The van der Waals surface area contributed by atoms with Gasteiger partial charge in [0.25, 0.3) is 5.91 Å². The van der Waals surface area contributed by atoms with Crippen molar-refractivity contribution in [1.29, 1.82) is 5.26 Å². The zero-order valence-electron chi connectivity index (χ0n) is 10.2. The first kappa shape index (κ1) is 13.7. The largest absolute Gasteiger partial charge is 0.360 e. The monoisotopic (exact) mass is 247 g/mol. The van der Waals surface area contributed by atoms with Crippen molar-refractivity contribution in [3.63, 3.8) is 0 Å². The quantitative estimate of drug-likeness (QED) is 0.633. The maximum atomic E-state index is 12.9. The summed E-state index contributed by atoms with van der Waals surface area (Å²) in [4.78, 5) is 11.6. The van der Waals surface area contributed by atoms with Crippen molar-refractivity contribution >= 4 is 11.6 Å². The number of hydrogen-bond donors (Lipinski definition) is 2. The van der Waals surface area contributed by atoms with E-state index in [1.54, 1.807) is 26.0 Å². The molecule has 0 saturated carbocycles. The standard InChI is InChI=1S/C13H14FN3O/c1-9(2)17-13(18)10(7-15)8-16-12-5-3-4-11(14)6-12/h3-6,8-9,16H,1-2H3,(H,17,18)/b10-8-. The zero-order valence-corrected chi connectivity index (χ0v) is 10.2. The molecule has 0 fully saturated rings. The van der Waals surface area contributed by atoms with Crippen molar-refractivity contribution in [2.45, 2.75) is 19.9 Å². The van der Waals surface area contributed by atoms with Crippen molar-refractivity contribution in [2.75, 3.05) is 5.32 Å². The molecule has 1 aromatic rings. The Kier molecular flexibility index (Phi) is 4.88. The van der Waals surface area contributed by atoms with E-state index in [0.29, 0.717) is 5.69 Å². The number of carbonyl (C=O) groups is 1. The molecule has 0 aliphatic rings. The van der Waals surface area contributed by atoms with Gasteiger partial charge in [-0.2, -0.15) is 5.26 Å². The molecule has 1 rings (SSSR count). The molecule has 5 heteroatoms. The third-order valence-electron chi connectivity index (χ3n) is 1.99.